The maximum Gasteiger partial charge on any atom is 1.00 e. The molecule has 0 atom stereocenters. The molecule has 11 nitrogen and oxygen atoms in total. The van der Waals surface area contributed by atoms with Crippen LogP contribution in [0.4, 0.5) is 0 Å². The number of likely N-dealkylation sites (tertiary alicyclic amines) is 2. The van der Waals surface area contributed by atoms with E-state index < -0.39 is 11.9 Å². The van der Waals surface area contributed by atoms with Crippen LogP contribution in [0.2, 0.25) is 0 Å². The monoisotopic (exact) mass is 697 g/mol. The molecule has 3 heterocycles. The molecule has 2 fully saturated rings. The SMILES string of the molecule is CCO/N=C(/c1ccc(Br)cc1)C1CCN(C2(C)CCN(C(=O)c3c(C)cc[n+]([O-])c3C)CC2)CC1.O=C(O)CCC(=O)O.[Na+]. The summed E-state index contributed by atoms with van der Waals surface area (Å²) in [6.45, 7) is 11.9. The van der Waals surface area contributed by atoms with Crippen LogP contribution >= 0.6 is 15.9 Å². The van der Waals surface area contributed by atoms with E-state index in [1.165, 1.54) is 6.20 Å². The smallest absolute Gasteiger partial charge is 0.618 e. The standard InChI is InChI=1S/C28H37BrN4O3.C4H6O4.Na/c1-5-36-30-26(22-6-8-24(29)9-7-22)23-11-15-32(16-12-23)28(4)13-18-31(19-14-28)27(34)25-20(2)10-17-33(35)21(25)3;5-3(6)1-2-4(7)8;/h6-10,17,23H,5,11-16,18-19H2,1-4H3;1-2H2,(H,5,6)(H,7,8);/q;;+1/b30-26-;;. The van der Waals surface area contributed by atoms with Crippen LogP contribution in [0.15, 0.2) is 46.2 Å². The third kappa shape index (κ3) is 10.8. The number of oxime groups is 1. The maximum absolute atomic E-state index is 13.3. The predicted molar refractivity (Wildman–Crippen MR) is 170 cm³/mol. The van der Waals surface area contributed by atoms with Crippen molar-refractivity contribution < 1.29 is 63.7 Å². The van der Waals surface area contributed by atoms with Crippen LogP contribution < -0.4 is 34.3 Å². The van der Waals surface area contributed by atoms with Crippen LogP contribution in [0, 0.1) is 25.0 Å². The molecule has 240 valence electrons. The number of carbonyl (C=O) groups excluding carboxylic acids is 1. The molecule has 2 saturated heterocycles. The first-order valence-corrected chi connectivity index (χ1v) is 15.8. The van der Waals surface area contributed by atoms with Gasteiger partial charge in [-0.15, -0.1) is 0 Å². The number of aryl methyl sites for hydroxylation is 1. The second-order valence-corrected chi connectivity index (χ2v) is 12.4. The molecule has 1 aromatic heterocycles. The van der Waals surface area contributed by atoms with Crippen molar-refractivity contribution in [2.75, 3.05) is 32.8 Å². The predicted octanol–water partition coefficient (Wildman–Crippen LogP) is 1.79. The van der Waals surface area contributed by atoms with Gasteiger partial charge >= 0.3 is 41.5 Å². The van der Waals surface area contributed by atoms with Gasteiger partial charge in [0, 0.05) is 42.0 Å². The van der Waals surface area contributed by atoms with E-state index in [0.717, 1.165) is 64.8 Å². The van der Waals surface area contributed by atoms with Crippen LogP contribution in [0.1, 0.15) is 79.6 Å². The van der Waals surface area contributed by atoms with Gasteiger partial charge in [0.1, 0.15) is 12.2 Å². The number of benzene rings is 1. The molecular formula is C32H43BrN4NaO7+. The Kier molecular flexibility index (Phi) is 15.5. The summed E-state index contributed by atoms with van der Waals surface area (Å²) < 4.78 is 1.84. The molecule has 2 aliphatic heterocycles. The zero-order valence-electron chi connectivity index (χ0n) is 26.9. The van der Waals surface area contributed by atoms with E-state index in [2.05, 4.69) is 57.2 Å². The summed E-state index contributed by atoms with van der Waals surface area (Å²) in [5.41, 5.74) is 4.11. The first-order valence-electron chi connectivity index (χ1n) is 15.0. The molecule has 1 aromatic carbocycles. The van der Waals surface area contributed by atoms with Crippen LogP contribution in [-0.2, 0) is 14.4 Å². The summed E-state index contributed by atoms with van der Waals surface area (Å²) in [5.74, 6) is -1.82. The minimum absolute atomic E-state index is 0. The molecular weight excluding hydrogens is 655 g/mol. The quantitative estimate of drug-likeness (QED) is 0.133. The van der Waals surface area contributed by atoms with Gasteiger partial charge in [0.05, 0.1) is 18.6 Å². The van der Waals surface area contributed by atoms with Gasteiger partial charge in [-0.3, -0.25) is 19.3 Å². The van der Waals surface area contributed by atoms with Gasteiger partial charge in [-0.2, -0.15) is 4.73 Å². The Morgan fingerprint density at radius 1 is 1.02 bits per heavy atom. The number of hydrogen-bond donors (Lipinski definition) is 2. The minimum Gasteiger partial charge on any atom is -0.618 e. The molecule has 2 N–H and O–H groups in total. The Bertz CT molecular complexity index is 1330. The number of nitrogens with zero attached hydrogens (tertiary/aromatic N) is 4. The minimum atomic E-state index is -1.08. The Balaban J connectivity index is 0.000000693. The van der Waals surface area contributed by atoms with Gasteiger partial charge < -0.3 is 25.2 Å². The Morgan fingerprint density at radius 2 is 1.58 bits per heavy atom. The number of aliphatic carboxylic acids is 2. The first kappa shape index (κ1) is 38.7. The fraction of sp³-hybridized carbons (Fsp3) is 0.531. The Labute approximate surface area is 295 Å². The maximum atomic E-state index is 13.3. The fourth-order valence-corrected chi connectivity index (χ4v) is 6.05. The molecule has 2 aromatic rings. The van der Waals surface area contributed by atoms with Gasteiger partial charge in [-0.05, 0) is 82.8 Å². The summed E-state index contributed by atoms with van der Waals surface area (Å²) in [7, 11) is 0. The van der Waals surface area contributed by atoms with Crippen LogP contribution in [-0.4, -0.2) is 81.9 Å². The van der Waals surface area contributed by atoms with Crippen molar-refractivity contribution in [1.82, 2.24) is 9.80 Å². The summed E-state index contributed by atoms with van der Waals surface area (Å²) >= 11 is 3.52. The number of piperidine rings is 2. The van der Waals surface area contributed by atoms with Crippen molar-refractivity contribution in [3.05, 3.63) is 68.6 Å². The summed E-state index contributed by atoms with van der Waals surface area (Å²) in [4.78, 5) is 42.6. The zero-order valence-corrected chi connectivity index (χ0v) is 30.5. The van der Waals surface area contributed by atoms with Crippen molar-refractivity contribution in [2.24, 2.45) is 11.1 Å². The normalized spacial score (nSPS) is 17.0. The number of aromatic nitrogens is 1. The van der Waals surface area contributed by atoms with E-state index >= 15 is 0 Å². The molecule has 4 rings (SSSR count). The van der Waals surface area contributed by atoms with Gasteiger partial charge in [0.25, 0.3) is 5.91 Å². The Hall–Kier alpha value is -2.51. The number of pyridine rings is 1. The van der Waals surface area contributed by atoms with Crippen LogP contribution in [0.5, 0.6) is 0 Å². The molecule has 0 aliphatic carbocycles. The number of amides is 1. The van der Waals surface area contributed by atoms with E-state index in [0.29, 0.717) is 36.9 Å². The molecule has 0 radical (unpaired) electrons. The molecule has 0 unspecified atom stereocenters. The molecule has 13 heteroatoms. The molecule has 45 heavy (non-hydrogen) atoms. The van der Waals surface area contributed by atoms with Gasteiger partial charge in [0.2, 0.25) is 5.69 Å². The first-order chi connectivity index (χ1) is 20.9. The average Bonchev–Trinajstić information content (AvgIpc) is 3.00. The second-order valence-electron chi connectivity index (χ2n) is 11.5. The van der Waals surface area contributed by atoms with E-state index in [-0.39, 0.29) is 53.8 Å². The van der Waals surface area contributed by atoms with Crippen molar-refractivity contribution in [2.45, 2.75) is 71.8 Å². The second kappa shape index (κ2) is 18.0. The molecule has 0 spiro atoms. The van der Waals surface area contributed by atoms with Crippen LogP contribution in [0.25, 0.3) is 0 Å². The van der Waals surface area contributed by atoms with Crippen molar-refractivity contribution >= 4 is 39.5 Å². The topological polar surface area (TPSA) is 147 Å². The van der Waals surface area contributed by atoms with Crippen molar-refractivity contribution in [3.63, 3.8) is 0 Å². The van der Waals surface area contributed by atoms with E-state index in [1.54, 1.807) is 13.0 Å². The molecule has 0 saturated carbocycles. The number of rotatable bonds is 9. The Morgan fingerprint density at radius 3 is 2.09 bits per heavy atom. The molecule has 2 aliphatic rings. The average molecular weight is 699 g/mol. The number of halogens is 1. The van der Waals surface area contributed by atoms with E-state index in [9.17, 15) is 19.6 Å². The summed E-state index contributed by atoms with van der Waals surface area (Å²) in [5, 5.41) is 32.4. The van der Waals surface area contributed by atoms with Gasteiger partial charge in [-0.1, -0.05) is 33.2 Å². The van der Waals surface area contributed by atoms with E-state index in [1.807, 2.05) is 18.7 Å². The third-order valence-electron chi connectivity index (χ3n) is 8.52. The van der Waals surface area contributed by atoms with E-state index in [4.69, 9.17) is 15.1 Å². The van der Waals surface area contributed by atoms with Crippen molar-refractivity contribution in [3.8, 4) is 0 Å². The zero-order chi connectivity index (χ0) is 32.4. The summed E-state index contributed by atoms with van der Waals surface area (Å²) in [6, 6.07) is 10.0. The summed E-state index contributed by atoms with van der Waals surface area (Å²) in [6.07, 6.45) is 4.80. The van der Waals surface area contributed by atoms with Crippen LogP contribution in [0.3, 0.4) is 0 Å². The fourth-order valence-electron chi connectivity index (χ4n) is 5.78. The van der Waals surface area contributed by atoms with Gasteiger partial charge in [0.15, 0.2) is 6.20 Å². The number of carboxylic acid groups (broad SMARTS) is 2. The molecule has 0 bridgehead atoms. The number of carboxylic acids is 2. The number of hydrogen-bond acceptors (Lipinski definition) is 7. The largest absolute Gasteiger partial charge is 1.00 e. The van der Waals surface area contributed by atoms with Gasteiger partial charge in [-0.25, -0.2) is 0 Å². The third-order valence-corrected chi connectivity index (χ3v) is 9.05. The number of carbonyl (C=O) groups is 3. The van der Waals surface area contributed by atoms with Crippen molar-refractivity contribution in [1.29, 1.82) is 0 Å². The molecule has 1 amide bonds.